The monoisotopic (exact) mass is 330 g/mol. The number of hydrogen-bond acceptors (Lipinski definition) is 3. The standard InChI is InChI=1S/C15H15BrN4/c1-10-14(9-17-2)20-15(18-10)8-7-13(19-20)11-3-5-12(16)6-4-11/h3-8,17H,9H2,1-2H3. The molecule has 1 N–H and O–H groups in total. The molecule has 4 nitrogen and oxygen atoms in total. The van der Waals surface area contributed by atoms with Crippen LogP contribution in [0.4, 0.5) is 0 Å². The van der Waals surface area contributed by atoms with Gasteiger partial charge in [0.05, 0.1) is 17.1 Å². The summed E-state index contributed by atoms with van der Waals surface area (Å²) in [7, 11) is 1.93. The van der Waals surface area contributed by atoms with E-state index >= 15 is 0 Å². The van der Waals surface area contributed by atoms with E-state index in [1.165, 1.54) is 0 Å². The molecule has 0 fully saturated rings. The first-order valence-electron chi connectivity index (χ1n) is 6.45. The summed E-state index contributed by atoms with van der Waals surface area (Å²) in [5, 5.41) is 7.88. The molecule has 3 rings (SSSR count). The lowest BCUT2D eigenvalue weighted by atomic mass is 10.1. The molecule has 0 aliphatic heterocycles. The van der Waals surface area contributed by atoms with E-state index in [2.05, 4.69) is 38.4 Å². The van der Waals surface area contributed by atoms with Gasteiger partial charge in [-0.05, 0) is 38.2 Å². The van der Waals surface area contributed by atoms with Crippen molar-refractivity contribution in [3.63, 3.8) is 0 Å². The lowest BCUT2D eigenvalue weighted by Gasteiger charge is -2.05. The third kappa shape index (κ3) is 2.34. The SMILES string of the molecule is CNCc1c(C)nc2ccc(-c3ccc(Br)cc3)nn12. The highest BCUT2D eigenvalue weighted by atomic mass is 79.9. The van der Waals surface area contributed by atoms with Crippen molar-refractivity contribution in [1.82, 2.24) is 19.9 Å². The quantitative estimate of drug-likeness (QED) is 0.801. The Balaban J connectivity index is 2.13. The van der Waals surface area contributed by atoms with Crippen LogP contribution < -0.4 is 5.32 Å². The average Bonchev–Trinajstić information content (AvgIpc) is 2.76. The molecule has 0 aliphatic rings. The summed E-state index contributed by atoms with van der Waals surface area (Å²) < 4.78 is 2.99. The number of nitrogens with zero attached hydrogens (tertiary/aromatic N) is 3. The number of benzene rings is 1. The van der Waals surface area contributed by atoms with Gasteiger partial charge in [-0.15, -0.1) is 0 Å². The summed E-state index contributed by atoms with van der Waals surface area (Å²) in [6.07, 6.45) is 0. The molecule has 0 atom stereocenters. The fraction of sp³-hybridized carbons (Fsp3) is 0.200. The van der Waals surface area contributed by atoms with Gasteiger partial charge < -0.3 is 5.32 Å². The topological polar surface area (TPSA) is 42.2 Å². The molecule has 0 saturated heterocycles. The minimum absolute atomic E-state index is 0.754. The maximum absolute atomic E-state index is 4.71. The Labute approximate surface area is 126 Å². The van der Waals surface area contributed by atoms with Crippen molar-refractivity contribution in [3.8, 4) is 11.3 Å². The fourth-order valence-corrected chi connectivity index (χ4v) is 2.50. The van der Waals surface area contributed by atoms with Crippen molar-refractivity contribution < 1.29 is 0 Å². The van der Waals surface area contributed by atoms with E-state index < -0.39 is 0 Å². The Bertz CT molecular complexity index is 746. The van der Waals surface area contributed by atoms with Crippen LogP contribution in [-0.2, 0) is 6.54 Å². The molecule has 0 spiro atoms. The van der Waals surface area contributed by atoms with E-state index in [9.17, 15) is 0 Å². The highest BCUT2D eigenvalue weighted by Crippen LogP contribution is 2.21. The van der Waals surface area contributed by atoms with Crippen molar-refractivity contribution in [1.29, 1.82) is 0 Å². The molecule has 2 aromatic heterocycles. The van der Waals surface area contributed by atoms with Gasteiger partial charge in [0, 0.05) is 16.6 Å². The Morgan fingerprint density at radius 2 is 1.90 bits per heavy atom. The summed E-state index contributed by atoms with van der Waals surface area (Å²) in [5.74, 6) is 0. The van der Waals surface area contributed by atoms with Crippen LogP contribution in [0.25, 0.3) is 16.9 Å². The third-order valence-corrected chi connectivity index (χ3v) is 3.78. The van der Waals surface area contributed by atoms with Gasteiger partial charge in [0.1, 0.15) is 0 Å². The minimum Gasteiger partial charge on any atom is -0.314 e. The van der Waals surface area contributed by atoms with Crippen LogP contribution in [0, 0.1) is 6.92 Å². The number of imidazole rings is 1. The summed E-state index contributed by atoms with van der Waals surface area (Å²) in [5.41, 5.74) is 5.03. The molecule has 0 unspecified atom stereocenters. The number of halogens is 1. The molecular weight excluding hydrogens is 316 g/mol. The van der Waals surface area contributed by atoms with Crippen LogP contribution in [0.15, 0.2) is 40.9 Å². The molecule has 5 heteroatoms. The molecule has 0 aliphatic carbocycles. The summed E-state index contributed by atoms with van der Waals surface area (Å²) in [6.45, 7) is 2.77. The molecule has 2 heterocycles. The molecule has 20 heavy (non-hydrogen) atoms. The van der Waals surface area contributed by atoms with E-state index in [1.54, 1.807) is 0 Å². The van der Waals surface area contributed by atoms with Crippen molar-refractivity contribution in [3.05, 3.63) is 52.3 Å². The van der Waals surface area contributed by atoms with Gasteiger partial charge in [-0.25, -0.2) is 9.50 Å². The number of nitrogens with one attached hydrogen (secondary N) is 1. The third-order valence-electron chi connectivity index (χ3n) is 3.25. The van der Waals surface area contributed by atoms with Crippen LogP contribution in [-0.4, -0.2) is 21.6 Å². The lowest BCUT2D eigenvalue weighted by Crippen LogP contribution is -2.10. The maximum Gasteiger partial charge on any atom is 0.154 e. The largest absolute Gasteiger partial charge is 0.314 e. The van der Waals surface area contributed by atoms with E-state index in [1.807, 2.05) is 42.8 Å². The van der Waals surface area contributed by atoms with Crippen molar-refractivity contribution in [2.24, 2.45) is 0 Å². The van der Waals surface area contributed by atoms with E-state index in [0.29, 0.717) is 0 Å². The van der Waals surface area contributed by atoms with Crippen LogP contribution >= 0.6 is 15.9 Å². The lowest BCUT2D eigenvalue weighted by molar-refractivity contribution is 0.744. The number of aryl methyl sites for hydroxylation is 1. The van der Waals surface area contributed by atoms with Crippen molar-refractivity contribution >= 4 is 21.6 Å². The van der Waals surface area contributed by atoms with E-state index in [0.717, 1.165) is 39.3 Å². The number of hydrogen-bond donors (Lipinski definition) is 1. The zero-order valence-corrected chi connectivity index (χ0v) is 13.0. The van der Waals surface area contributed by atoms with E-state index in [-0.39, 0.29) is 0 Å². The summed E-state index contributed by atoms with van der Waals surface area (Å²) in [4.78, 5) is 4.53. The first kappa shape index (κ1) is 13.3. The Morgan fingerprint density at radius 1 is 1.15 bits per heavy atom. The number of aromatic nitrogens is 3. The normalized spacial score (nSPS) is 11.2. The summed E-state index contributed by atoms with van der Waals surface area (Å²) >= 11 is 3.45. The predicted molar refractivity (Wildman–Crippen MR) is 83.6 cm³/mol. The van der Waals surface area contributed by atoms with Gasteiger partial charge in [-0.2, -0.15) is 5.10 Å². The first-order chi connectivity index (χ1) is 9.69. The van der Waals surface area contributed by atoms with Crippen LogP contribution in [0.3, 0.4) is 0 Å². The minimum atomic E-state index is 0.754. The van der Waals surface area contributed by atoms with Gasteiger partial charge in [0.2, 0.25) is 0 Å². The highest BCUT2D eigenvalue weighted by Gasteiger charge is 2.10. The number of rotatable bonds is 3. The Kier molecular flexibility index (Phi) is 3.54. The van der Waals surface area contributed by atoms with Gasteiger partial charge >= 0.3 is 0 Å². The first-order valence-corrected chi connectivity index (χ1v) is 7.24. The molecular formula is C15H15BrN4. The zero-order chi connectivity index (χ0) is 14.1. The highest BCUT2D eigenvalue weighted by molar-refractivity contribution is 9.10. The summed E-state index contributed by atoms with van der Waals surface area (Å²) in [6, 6.07) is 12.2. The fourth-order valence-electron chi connectivity index (χ4n) is 2.23. The van der Waals surface area contributed by atoms with E-state index in [4.69, 9.17) is 5.10 Å². The predicted octanol–water partition coefficient (Wildman–Crippen LogP) is 3.19. The van der Waals surface area contributed by atoms with Gasteiger partial charge in [0.25, 0.3) is 0 Å². The van der Waals surface area contributed by atoms with Gasteiger partial charge in [-0.3, -0.25) is 0 Å². The molecule has 0 radical (unpaired) electrons. The second-order valence-corrected chi connectivity index (χ2v) is 5.59. The molecule has 102 valence electrons. The second-order valence-electron chi connectivity index (χ2n) is 4.67. The number of fused-ring (bicyclic) bond motifs is 1. The molecule has 1 aromatic carbocycles. The maximum atomic E-state index is 4.71. The van der Waals surface area contributed by atoms with Gasteiger partial charge in [0.15, 0.2) is 5.65 Å². The smallest absolute Gasteiger partial charge is 0.154 e. The van der Waals surface area contributed by atoms with Crippen molar-refractivity contribution in [2.75, 3.05) is 7.05 Å². The zero-order valence-electron chi connectivity index (χ0n) is 11.4. The molecule has 3 aromatic rings. The molecule has 0 bridgehead atoms. The molecule has 0 saturated carbocycles. The Hall–Kier alpha value is -1.72. The van der Waals surface area contributed by atoms with Crippen LogP contribution in [0.2, 0.25) is 0 Å². The molecule has 0 amide bonds. The van der Waals surface area contributed by atoms with Crippen LogP contribution in [0.1, 0.15) is 11.4 Å². The van der Waals surface area contributed by atoms with Crippen LogP contribution in [0.5, 0.6) is 0 Å². The van der Waals surface area contributed by atoms with Gasteiger partial charge in [-0.1, -0.05) is 28.1 Å². The average molecular weight is 331 g/mol. The Morgan fingerprint density at radius 3 is 2.60 bits per heavy atom. The van der Waals surface area contributed by atoms with Crippen molar-refractivity contribution in [2.45, 2.75) is 13.5 Å². The second kappa shape index (κ2) is 5.34.